The molecule has 2 heterocycles. The van der Waals surface area contributed by atoms with Gasteiger partial charge in [-0.25, -0.2) is 4.39 Å². The van der Waals surface area contributed by atoms with Gasteiger partial charge in [-0.05, 0) is 61.4 Å². The summed E-state index contributed by atoms with van der Waals surface area (Å²) in [5, 5.41) is 11.5. The molecule has 0 saturated carbocycles. The van der Waals surface area contributed by atoms with Crippen molar-refractivity contribution in [2.24, 2.45) is 0 Å². The molecule has 0 spiro atoms. The monoisotopic (exact) mass is 442 g/mol. The Labute approximate surface area is 181 Å². The van der Waals surface area contributed by atoms with Crippen LogP contribution in [0.1, 0.15) is 29.8 Å². The molecule has 0 saturated heterocycles. The first-order chi connectivity index (χ1) is 14.4. The fourth-order valence-electron chi connectivity index (χ4n) is 3.29. The van der Waals surface area contributed by atoms with Crippen LogP contribution in [0.5, 0.6) is 0 Å². The second-order valence-corrected chi connectivity index (χ2v) is 9.46. The molecule has 0 radical (unpaired) electrons. The van der Waals surface area contributed by atoms with Gasteiger partial charge >= 0.3 is 0 Å². The summed E-state index contributed by atoms with van der Waals surface area (Å²) in [5.41, 5.74) is 3.26. The minimum atomic E-state index is -0.333. The highest BCUT2D eigenvalue weighted by molar-refractivity contribution is 8.02. The Bertz CT molecular complexity index is 1100. The maximum atomic E-state index is 13.0. The molecule has 4 rings (SSSR count). The first kappa shape index (κ1) is 20.5. The predicted octanol–water partition coefficient (Wildman–Crippen LogP) is 4.69. The van der Waals surface area contributed by atoms with E-state index in [1.165, 1.54) is 35.2 Å². The molecule has 1 N–H and O–H groups in total. The Kier molecular flexibility index (Phi) is 5.83. The molecule has 154 valence electrons. The van der Waals surface area contributed by atoms with Crippen molar-refractivity contribution >= 4 is 51.3 Å². The molecular formula is C21H19FN4O2S2. The van der Waals surface area contributed by atoms with Crippen molar-refractivity contribution in [3.63, 3.8) is 0 Å². The molecule has 9 heteroatoms. The van der Waals surface area contributed by atoms with Crippen LogP contribution < -0.4 is 10.2 Å². The molecule has 1 atom stereocenters. The van der Waals surface area contributed by atoms with Crippen molar-refractivity contribution in [2.75, 3.05) is 16.8 Å². The van der Waals surface area contributed by atoms with Crippen LogP contribution in [-0.2, 0) is 11.2 Å². The molecular weight excluding hydrogens is 423 g/mol. The van der Waals surface area contributed by atoms with Gasteiger partial charge in [-0.3, -0.25) is 9.59 Å². The van der Waals surface area contributed by atoms with Crippen LogP contribution in [0.25, 0.3) is 0 Å². The number of anilines is 3. The maximum Gasteiger partial charge on any atom is 0.223 e. The molecule has 30 heavy (non-hydrogen) atoms. The van der Waals surface area contributed by atoms with Crippen LogP contribution in [0.15, 0.2) is 46.8 Å². The smallest absolute Gasteiger partial charge is 0.223 e. The van der Waals surface area contributed by atoms with Crippen molar-refractivity contribution < 1.29 is 14.0 Å². The van der Waals surface area contributed by atoms with E-state index in [0.717, 1.165) is 17.7 Å². The number of fused-ring (bicyclic) bond motifs is 1. The minimum absolute atomic E-state index is 0.00678. The van der Waals surface area contributed by atoms with Crippen LogP contribution >= 0.6 is 23.1 Å². The lowest BCUT2D eigenvalue weighted by Crippen LogP contribution is -2.25. The Morgan fingerprint density at radius 1 is 1.20 bits per heavy atom. The number of carbonyl (C=O) groups is 2. The van der Waals surface area contributed by atoms with E-state index in [9.17, 15) is 14.0 Å². The number of hydrogen-bond acceptors (Lipinski definition) is 7. The number of halogens is 1. The van der Waals surface area contributed by atoms with Crippen molar-refractivity contribution in [3.05, 3.63) is 59.4 Å². The molecule has 1 aliphatic rings. The van der Waals surface area contributed by atoms with Gasteiger partial charge in [-0.1, -0.05) is 23.1 Å². The molecule has 2 aromatic carbocycles. The Balaban J connectivity index is 1.41. The van der Waals surface area contributed by atoms with Gasteiger partial charge in [-0.15, -0.1) is 10.2 Å². The maximum absolute atomic E-state index is 13.0. The first-order valence-corrected chi connectivity index (χ1v) is 11.1. The number of Topliss-reactive ketones (excluding diaryl/α,β-unsaturated/α-hetero) is 1. The highest BCUT2D eigenvalue weighted by atomic mass is 32.2. The lowest BCUT2D eigenvalue weighted by atomic mass is 10.0. The third kappa shape index (κ3) is 4.36. The summed E-state index contributed by atoms with van der Waals surface area (Å²) in [6, 6.07) is 11.5. The fourth-order valence-corrected chi connectivity index (χ4v) is 5.28. The predicted molar refractivity (Wildman–Crippen MR) is 117 cm³/mol. The summed E-state index contributed by atoms with van der Waals surface area (Å²) in [4.78, 5) is 26.3. The van der Waals surface area contributed by atoms with Gasteiger partial charge < -0.3 is 10.2 Å². The van der Waals surface area contributed by atoms with Crippen molar-refractivity contribution in [3.8, 4) is 0 Å². The van der Waals surface area contributed by atoms with Crippen LogP contribution in [0.3, 0.4) is 0 Å². The van der Waals surface area contributed by atoms with E-state index < -0.39 is 0 Å². The zero-order valence-electron chi connectivity index (χ0n) is 16.4. The number of nitrogens with zero attached hydrogens (tertiary/aromatic N) is 3. The van der Waals surface area contributed by atoms with E-state index in [-0.39, 0.29) is 22.8 Å². The van der Waals surface area contributed by atoms with Crippen LogP contribution in [0, 0.1) is 5.82 Å². The van der Waals surface area contributed by atoms with E-state index in [2.05, 4.69) is 15.5 Å². The third-order valence-corrected chi connectivity index (χ3v) is 6.81. The summed E-state index contributed by atoms with van der Waals surface area (Å²) in [5.74, 6) is -0.285. The quantitative estimate of drug-likeness (QED) is 0.441. The average molecular weight is 443 g/mol. The van der Waals surface area contributed by atoms with Gasteiger partial charge in [0.1, 0.15) is 5.82 Å². The lowest BCUT2D eigenvalue weighted by Gasteiger charge is -2.15. The van der Waals surface area contributed by atoms with Crippen LogP contribution in [0.2, 0.25) is 0 Å². The van der Waals surface area contributed by atoms with E-state index in [1.807, 2.05) is 19.1 Å². The summed E-state index contributed by atoms with van der Waals surface area (Å²) in [6.07, 6.45) is 0.756. The zero-order valence-corrected chi connectivity index (χ0v) is 18.0. The molecule has 0 fully saturated rings. The van der Waals surface area contributed by atoms with Crippen molar-refractivity contribution in [1.82, 2.24) is 10.2 Å². The van der Waals surface area contributed by atoms with E-state index in [1.54, 1.807) is 30.0 Å². The zero-order chi connectivity index (χ0) is 21.3. The molecule has 0 bridgehead atoms. The van der Waals surface area contributed by atoms with Gasteiger partial charge in [0.25, 0.3) is 0 Å². The second-order valence-electron chi connectivity index (χ2n) is 6.89. The first-order valence-electron chi connectivity index (χ1n) is 9.38. The summed E-state index contributed by atoms with van der Waals surface area (Å²) >= 11 is 2.69. The highest BCUT2D eigenvalue weighted by Gasteiger charge is 2.25. The fraction of sp³-hybridized carbons (Fsp3) is 0.238. The molecule has 1 aromatic heterocycles. The summed E-state index contributed by atoms with van der Waals surface area (Å²) in [6.45, 7) is 4.05. The number of benzene rings is 2. The number of thioether (sulfide) groups is 1. The highest BCUT2D eigenvalue weighted by Crippen LogP contribution is 2.33. The van der Waals surface area contributed by atoms with Gasteiger partial charge in [0.05, 0.1) is 5.25 Å². The molecule has 3 aromatic rings. The van der Waals surface area contributed by atoms with E-state index in [4.69, 9.17) is 0 Å². The summed E-state index contributed by atoms with van der Waals surface area (Å²) < 4.78 is 13.7. The number of nitrogens with one attached hydrogen (secondary N) is 1. The number of hydrogen-bond donors (Lipinski definition) is 1. The SMILES string of the molecule is CC(=O)N1CCc2cc(C(=O)C(C)Sc3nnc(Nc4ccc(F)cc4)s3)ccc21. The summed E-state index contributed by atoms with van der Waals surface area (Å²) in [7, 11) is 0. The Morgan fingerprint density at radius 3 is 2.70 bits per heavy atom. The van der Waals surface area contributed by atoms with E-state index in [0.29, 0.717) is 27.3 Å². The van der Waals surface area contributed by atoms with E-state index >= 15 is 0 Å². The molecule has 1 aliphatic heterocycles. The number of rotatable bonds is 6. The minimum Gasteiger partial charge on any atom is -0.330 e. The Morgan fingerprint density at radius 2 is 1.97 bits per heavy atom. The van der Waals surface area contributed by atoms with Crippen molar-refractivity contribution in [1.29, 1.82) is 0 Å². The topological polar surface area (TPSA) is 75.2 Å². The normalized spacial score (nSPS) is 13.8. The molecule has 1 unspecified atom stereocenters. The number of carbonyl (C=O) groups excluding carboxylic acids is 2. The van der Waals surface area contributed by atoms with Gasteiger partial charge in [-0.2, -0.15) is 0 Å². The number of aromatic nitrogens is 2. The largest absolute Gasteiger partial charge is 0.330 e. The standard InChI is InChI=1S/C21H19FN4O2S2/c1-12(19(28)15-3-8-18-14(11-15)9-10-26(18)13(2)27)29-21-25-24-20(30-21)23-17-6-4-16(22)5-7-17/h3-8,11-12H,9-10H2,1-2H3,(H,23,24). The molecule has 6 nitrogen and oxygen atoms in total. The molecule has 0 aliphatic carbocycles. The van der Waals surface area contributed by atoms with Gasteiger partial charge in [0.15, 0.2) is 10.1 Å². The lowest BCUT2D eigenvalue weighted by molar-refractivity contribution is -0.116. The number of ketones is 1. The van der Waals surface area contributed by atoms with Gasteiger partial charge in [0, 0.05) is 30.4 Å². The van der Waals surface area contributed by atoms with Crippen LogP contribution in [-0.4, -0.2) is 33.7 Å². The Hall–Kier alpha value is -2.78. The third-order valence-electron chi connectivity index (χ3n) is 4.79. The van der Waals surface area contributed by atoms with Gasteiger partial charge in [0.2, 0.25) is 11.0 Å². The number of amides is 1. The second kappa shape index (κ2) is 8.53. The van der Waals surface area contributed by atoms with Crippen LogP contribution in [0.4, 0.5) is 20.9 Å². The average Bonchev–Trinajstić information content (AvgIpc) is 3.35. The molecule has 1 amide bonds. The van der Waals surface area contributed by atoms with Crippen molar-refractivity contribution in [2.45, 2.75) is 29.9 Å².